The Labute approximate surface area is 322 Å². The molecule has 11 nitrogen and oxygen atoms in total. The number of nitrogens with one attached hydrogen (secondary N) is 1. The van der Waals surface area contributed by atoms with Crippen LogP contribution in [0.1, 0.15) is 200 Å². The van der Waals surface area contributed by atoms with Crippen molar-refractivity contribution in [1.82, 2.24) is 15.1 Å². The number of hydrogen-bond donors (Lipinski definition) is 4. The molecule has 0 aliphatic rings. The van der Waals surface area contributed by atoms with Crippen molar-refractivity contribution in [1.29, 1.82) is 0 Å². The molecule has 0 bridgehead atoms. The molecular formula is C42H79N3O8. The summed E-state index contributed by atoms with van der Waals surface area (Å²) in [6, 6.07) is -1.25. The predicted molar refractivity (Wildman–Crippen MR) is 213 cm³/mol. The smallest absolute Gasteiger partial charge is 0.320 e. The van der Waals surface area contributed by atoms with Gasteiger partial charge in [0, 0.05) is 32.5 Å². The highest BCUT2D eigenvalue weighted by Crippen LogP contribution is 2.15. The summed E-state index contributed by atoms with van der Waals surface area (Å²) >= 11 is 0. The predicted octanol–water partition coefficient (Wildman–Crippen LogP) is 9.21. The van der Waals surface area contributed by atoms with Crippen molar-refractivity contribution in [2.24, 2.45) is 0 Å². The molecule has 0 aliphatic heterocycles. The lowest BCUT2D eigenvalue weighted by molar-refractivity contribution is -0.149. The van der Waals surface area contributed by atoms with Gasteiger partial charge in [0.15, 0.2) is 0 Å². The molecular weight excluding hydrogens is 674 g/mol. The fourth-order valence-corrected chi connectivity index (χ4v) is 6.89. The molecule has 0 radical (unpaired) electrons. The van der Waals surface area contributed by atoms with Gasteiger partial charge in [0.05, 0.1) is 13.1 Å². The lowest BCUT2D eigenvalue weighted by Crippen LogP contribution is -2.46. The average Bonchev–Trinajstić information content (AvgIpc) is 3.11. The average molecular weight is 754 g/mol. The molecule has 0 aromatic heterocycles. The Morgan fingerprint density at radius 2 is 0.868 bits per heavy atom. The van der Waals surface area contributed by atoms with Crippen LogP contribution < -0.4 is 5.32 Å². The van der Waals surface area contributed by atoms with Gasteiger partial charge < -0.3 is 25.5 Å². The SMILES string of the molecule is CCCCCCCCCCCCCCN(CCCCCCCCCCCCCC)C(=O)CCC(=O)NCCCC[C@H](C(=O)O)N(CC(=O)O)CC(=O)O. The number of carboxylic acids is 3. The number of hydrogen-bond acceptors (Lipinski definition) is 6. The molecule has 0 fully saturated rings. The molecule has 53 heavy (non-hydrogen) atoms. The third-order valence-electron chi connectivity index (χ3n) is 10.1. The molecule has 0 aliphatic carbocycles. The van der Waals surface area contributed by atoms with Crippen LogP contribution in [0.3, 0.4) is 0 Å². The number of amides is 2. The molecule has 0 rings (SSSR count). The van der Waals surface area contributed by atoms with E-state index in [1.807, 2.05) is 4.90 Å². The largest absolute Gasteiger partial charge is 0.480 e. The van der Waals surface area contributed by atoms with E-state index in [-0.39, 0.29) is 31.1 Å². The maximum absolute atomic E-state index is 13.2. The van der Waals surface area contributed by atoms with Crippen molar-refractivity contribution in [3.63, 3.8) is 0 Å². The minimum Gasteiger partial charge on any atom is -0.480 e. The Morgan fingerprint density at radius 3 is 1.23 bits per heavy atom. The first-order valence-electron chi connectivity index (χ1n) is 21.6. The van der Waals surface area contributed by atoms with Crippen molar-refractivity contribution in [2.75, 3.05) is 32.7 Å². The normalized spacial score (nSPS) is 11.8. The second-order valence-corrected chi connectivity index (χ2v) is 15.1. The summed E-state index contributed by atoms with van der Waals surface area (Å²) in [5.74, 6) is -4.11. The van der Waals surface area contributed by atoms with Crippen LogP contribution in [-0.2, 0) is 24.0 Å². The van der Waals surface area contributed by atoms with E-state index in [1.54, 1.807) is 0 Å². The maximum Gasteiger partial charge on any atom is 0.320 e. The molecule has 0 aromatic rings. The van der Waals surface area contributed by atoms with Gasteiger partial charge in [0.25, 0.3) is 0 Å². The summed E-state index contributed by atoms with van der Waals surface area (Å²) in [6.07, 6.45) is 31.5. The van der Waals surface area contributed by atoms with E-state index in [4.69, 9.17) is 10.2 Å². The Morgan fingerprint density at radius 1 is 0.491 bits per heavy atom. The van der Waals surface area contributed by atoms with Gasteiger partial charge in [0.1, 0.15) is 6.04 Å². The van der Waals surface area contributed by atoms with Gasteiger partial charge >= 0.3 is 17.9 Å². The van der Waals surface area contributed by atoms with Crippen LogP contribution in [0.2, 0.25) is 0 Å². The van der Waals surface area contributed by atoms with Crippen molar-refractivity contribution in [3.8, 4) is 0 Å². The molecule has 1 atom stereocenters. The molecule has 310 valence electrons. The van der Waals surface area contributed by atoms with Crippen LogP contribution in [0.4, 0.5) is 0 Å². The van der Waals surface area contributed by atoms with Gasteiger partial charge in [-0.2, -0.15) is 0 Å². The summed E-state index contributed by atoms with van der Waals surface area (Å²) in [6.45, 7) is 4.89. The molecule has 11 heteroatoms. The molecule has 0 unspecified atom stereocenters. The van der Waals surface area contributed by atoms with E-state index in [1.165, 1.54) is 128 Å². The zero-order valence-electron chi connectivity index (χ0n) is 33.9. The van der Waals surface area contributed by atoms with Crippen LogP contribution in [0.25, 0.3) is 0 Å². The first-order valence-corrected chi connectivity index (χ1v) is 21.6. The summed E-state index contributed by atoms with van der Waals surface area (Å²) in [5, 5.41) is 30.5. The van der Waals surface area contributed by atoms with Crippen LogP contribution in [0, 0.1) is 0 Å². The standard InChI is InChI=1S/C42H79N3O8/c1-3-5-7-9-11-13-15-17-19-21-23-27-33-44(34-28-24-22-20-18-16-14-12-10-8-6-4-2)39(47)31-30-38(46)43-32-26-25-29-37(42(52)53)45(35-40(48)49)36-41(50)51/h37H,3-36H2,1-2H3,(H,43,46)(H,48,49)(H,50,51)(H,52,53)/t37-/m1/s1. The first kappa shape index (κ1) is 50.3. The van der Waals surface area contributed by atoms with E-state index < -0.39 is 37.0 Å². The van der Waals surface area contributed by atoms with E-state index >= 15 is 0 Å². The summed E-state index contributed by atoms with van der Waals surface area (Å²) in [4.78, 5) is 62.6. The monoisotopic (exact) mass is 754 g/mol. The molecule has 0 saturated heterocycles. The van der Waals surface area contributed by atoms with Crippen molar-refractivity contribution in [3.05, 3.63) is 0 Å². The molecule has 0 heterocycles. The van der Waals surface area contributed by atoms with Crippen molar-refractivity contribution < 1.29 is 39.3 Å². The topological polar surface area (TPSA) is 165 Å². The van der Waals surface area contributed by atoms with E-state index in [0.29, 0.717) is 19.4 Å². The molecule has 0 aromatic carbocycles. The highest BCUT2D eigenvalue weighted by atomic mass is 16.4. The molecule has 2 amide bonds. The maximum atomic E-state index is 13.2. The Bertz CT molecular complexity index is 903. The van der Waals surface area contributed by atoms with E-state index in [9.17, 15) is 29.1 Å². The van der Waals surface area contributed by atoms with Crippen molar-refractivity contribution in [2.45, 2.75) is 206 Å². The number of unbranched alkanes of at least 4 members (excludes halogenated alkanes) is 23. The lowest BCUT2D eigenvalue weighted by atomic mass is 10.0. The van der Waals surface area contributed by atoms with E-state index in [2.05, 4.69) is 19.2 Å². The number of rotatable bonds is 40. The van der Waals surface area contributed by atoms with E-state index in [0.717, 1.165) is 43.7 Å². The Balaban J connectivity index is 4.58. The molecule has 0 saturated carbocycles. The zero-order valence-corrected chi connectivity index (χ0v) is 33.9. The summed E-state index contributed by atoms with van der Waals surface area (Å²) < 4.78 is 0. The molecule has 4 N–H and O–H groups in total. The second kappa shape index (κ2) is 36.3. The Kier molecular flexibility index (Phi) is 34.5. The summed E-state index contributed by atoms with van der Waals surface area (Å²) in [7, 11) is 0. The van der Waals surface area contributed by atoms with Crippen molar-refractivity contribution >= 4 is 29.7 Å². The zero-order chi connectivity index (χ0) is 39.4. The highest BCUT2D eigenvalue weighted by Gasteiger charge is 2.28. The lowest BCUT2D eigenvalue weighted by Gasteiger charge is -2.25. The number of carboxylic acid groups (broad SMARTS) is 3. The van der Waals surface area contributed by atoms with Crippen LogP contribution in [0.15, 0.2) is 0 Å². The van der Waals surface area contributed by atoms with Gasteiger partial charge in [-0.15, -0.1) is 0 Å². The van der Waals surface area contributed by atoms with Crippen LogP contribution in [-0.4, -0.2) is 93.6 Å². The highest BCUT2D eigenvalue weighted by molar-refractivity contribution is 5.83. The van der Waals surface area contributed by atoms with Gasteiger partial charge in [-0.3, -0.25) is 28.9 Å². The minimum absolute atomic E-state index is 0.0209. The number of aliphatic carboxylic acids is 3. The van der Waals surface area contributed by atoms with Crippen LogP contribution in [0.5, 0.6) is 0 Å². The van der Waals surface area contributed by atoms with Gasteiger partial charge in [-0.05, 0) is 32.1 Å². The quantitative estimate of drug-likeness (QED) is 0.0447. The van der Waals surface area contributed by atoms with Gasteiger partial charge in [0.2, 0.25) is 11.8 Å². The van der Waals surface area contributed by atoms with Crippen LogP contribution >= 0.6 is 0 Å². The fraction of sp³-hybridized carbons (Fsp3) is 0.881. The fourth-order valence-electron chi connectivity index (χ4n) is 6.89. The number of nitrogens with zero attached hydrogens (tertiary/aromatic N) is 2. The number of carbonyl (C=O) groups is 5. The van der Waals surface area contributed by atoms with Gasteiger partial charge in [-0.1, -0.05) is 155 Å². The Hall–Kier alpha value is -2.69. The minimum atomic E-state index is -1.30. The van der Waals surface area contributed by atoms with Gasteiger partial charge in [-0.25, -0.2) is 0 Å². The summed E-state index contributed by atoms with van der Waals surface area (Å²) in [5.41, 5.74) is 0. The third-order valence-corrected chi connectivity index (χ3v) is 10.1. The second-order valence-electron chi connectivity index (χ2n) is 15.1. The number of carbonyl (C=O) groups excluding carboxylic acids is 2. The third kappa shape index (κ3) is 32.5. The first-order chi connectivity index (χ1) is 25.6. The molecule has 0 spiro atoms.